The van der Waals surface area contributed by atoms with Gasteiger partial charge in [0.05, 0.1) is 82.3 Å². The molecule has 12 rings (SSSR count). The molecule has 4 aromatic carbocycles. The topological polar surface area (TPSA) is 282 Å². The number of aromatic amines is 1. The van der Waals surface area contributed by atoms with Crippen LogP contribution >= 0.6 is 22.9 Å². The lowest BCUT2D eigenvalue weighted by molar-refractivity contribution is -0.384. The van der Waals surface area contributed by atoms with Crippen LogP contribution in [-0.2, 0) is 29.1 Å². The molecule has 2 aliphatic carbocycles. The molecule has 3 aliphatic heterocycles. The molecule has 0 bridgehead atoms. The van der Waals surface area contributed by atoms with Gasteiger partial charge >= 0.3 is 0 Å². The number of nitrogens with zero attached hydrogens (tertiary/aromatic N) is 8. The number of ether oxygens (including phenoxy) is 3. The quantitative estimate of drug-likeness (QED) is 0.0144. The van der Waals surface area contributed by atoms with Crippen LogP contribution in [0.2, 0.25) is 5.02 Å². The fraction of sp³-hybridized carbons (Fsp3) is 0.506. The van der Waals surface area contributed by atoms with Gasteiger partial charge < -0.3 is 50.1 Å². The van der Waals surface area contributed by atoms with Crippen molar-refractivity contribution in [3.63, 3.8) is 0 Å². The zero-order chi connectivity index (χ0) is 74.9. The van der Waals surface area contributed by atoms with E-state index in [4.69, 9.17) is 25.8 Å². The number of allylic oxidation sites excluding steroid dienone is 1. The number of aryl methyl sites for hydroxylation is 1. The number of likely N-dealkylation sites (tertiary alicyclic amines) is 1. The first kappa shape index (κ1) is 77.7. The van der Waals surface area contributed by atoms with E-state index in [-0.39, 0.29) is 59.2 Å². The monoisotopic (exact) mass is 1510 g/mol. The van der Waals surface area contributed by atoms with Crippen molar-refractivity contribution in [3.8, 4) is 21.9 Å². The fourth-order valence-electron chi connectivity index (χ4n) is 15.4. The van der Waals surface area contributed by atoms with Crippen LogP contribution in [0.5, 0.6) is 11.5 Å². The number of piperazine rings is 2. The highest BCUT2D eigenvalue weighted by Crippen LogP contribution is 2.44. The van der Waals surface area contributed by atoms with Crippen LogP contribution in [0.4, 0.5) is 17.1 Å². The SMILES string of the molecule is Cc1ncsc1-c1ccc([C@H](C)NC(=O)[C@@H]2C[C@@H](O)CN2C(=O)[C@@H](NCCOCCOCCN2CCN(C3CCC(CNc4ccc(S(=O)(=O)NC(=O)c5ccc(N6CCN(CC7=C(c8ccc(Cl)cc8)CC(C)(C)CC7)CC6)cc5Oc5cnc6[nH]ccc6c5)cc4[N+](=O)[O-])CC3)CC2)C(C)(C)C)cc1. The van der Waals surface area contributed by atoms with E-state index in [1.807, 2.05) is 82.6 Å². The first-order valence-corrected chi connectivity index (χ1v) is 40.0. The van der Waals surface area contributed by atoms with E-state index in [1.54, 1.807) is 41.8 Å². The number of H-pyrrole nitrogens is 1. The van der Waals surface area contributed by atoms with Gasteiger partial charge in [-0.2, -0.15) is 0 Å². The molecule has 106 heavy (non-hydrogen) atoms. The normalized spacial score (nSPS) is 20.5. The summed E-state index contributed by atoms with van der Waals surface area (Å²) in [5, 5.41) is 34.6. The molecule has 24 nitrogen and oxygen atoms in total. The number of β-amino-alcohol motifs (C(OH)–C–C–N with tert-alkyl or cyclic N) is 1. The number of halogens is 1. The Balaban J connectivity index is 0.556. The van der Waals surface area contributed by atoms with Crippen molar-refractivity contribution in [2.24, 2.45) is 16.7 Å². The second kappa shape index (κ2) is 34.6. The Kier molecular flexibility index (Phi) is 25.3. The van der Waals surface area contributed by atoms with Crippen LogP contribution in [0.25, 0.3) is 27.0 Å². The van der Waals surface area contributed by atoms with Gasteiger partial charge in [-0.1, -0.05) is 88.2 Å². The molecule has 4 fully saturated rings. The van der Waals surface area contributed by atoms with E-state index in [0.717, 1.165) is 141 Å². The number of carbonyl (C=O) groups is 3. The highest BCUT2D eigenvalue weighted by Gasteiger charge is 2.44. The molecule has 0 unspecified atom stereocenters. The number of benzene rings is 4. The van der Waals surface area contributed by atoms with Gasteiger partial charge in [-0.25, -0.2) is 23.1 Å². The summed E-state index contributed by atoms with van der Waals surface area (Å²) in [4.78, 5) is 78.0. The van der Waals surface area contributed by atoms with Crippen molar-refractivity contribution in [2.45, 2.75) is 135 Å². The Bertz CT molecular complexity index is 4350. The van der Waals surface area contributed by atoms with Gasteiger partial charge in [0.2, 0.25) is 11.8 Å². The van der Waals surface area contributed by atoms with Gasteiger partial charge in [0.15, 0.2) is 0 Å². The summed E-state index contributed by atoms with van der Waals surface area (Å²) in [6.45, 7) is 25.7. The predicted octanol–water partition coefficient (Wildman–Crippen LogP) is 11.7. The zero-order valence-electron chi connectivity index (χ0n) is 61.9. The number of hydrogen-bond donors (Lipinski definition) is 6. The number of aromatic nitrogens is 3. The largest absolute Gasteiger partial charge is 0.455 e. The molecule has 0 spiro atoms. The Hall–Kier alpha value is -7.89. The second-order valence-corrected chi connectivity index (χ2v) is 33.8. The molecule has 27 heteroatoms. The third kappa shape index (κ3) is 19.7. The smallest absolute Gasteiger partial charge is 0.293 e. The molecule has 6 N–H and O–H groups in total. The van der Waals surface area contributed by atoms with E-state index < -0.39 is 55.0 Å². The molecular formula is C79H102ClN13O11S2. The molecule has 0 radical (unpaired) electrons. The van der Waals surface area contributed by atoms with Gasteiger partial charge in [-0.05, 0) is 146 Å². The fourth-order valence-corrected chi connectivity index (χ4v) is 17.4. The number of fused-ring (bicyclic) bond motifs is 1. The van der Waals surface area contributed by atoms with Gasteiger partial charge in [0.1, 0.15) is 28.9 Å². The standard InChI is InChI=1S/C79H102ClN13O11S2/c1-52(55-10-12-57(13-11-55)72-53(2)85-51-105-72)86-76(96)70-44-63(94)50-92(70)77(97)73(78(3,4)5)81-28-38-102-40-41-103-39-37-88-29-33-90(34-30-88)61-18-8-54(9-19-61)47-83-68-23-21-65(45-69(68)93(98)99)106(100,101)87-75(95)66-22-20-62(43-71(66)104-64-42-58-25-27-82-74(58)84-48-64)91-35-31-89(32-36-91)49-59-24-26-79(6,7)46-67(59)56-14-16-60(80)17-15-56/h10-17,20-23,25,27,42-43,45,48,51-52,54,61,63,70,73,81,83,94H,8-9,18-19,24,26,28-41,44,46-47,49-50H2,1-7H3,(H,82,84)(H,86,96)(H,87,95)/t52-,54?,61?,63+,70-,73+/m0/s1. The summed E-state index contributed by atoms with van der Waals surface area (Å²) in [5.74, 6) is -0.773. The average Bonchev–Trinajstić information content (AvgIpc) is 1.37. The van der Waals surface area contributed by atoms with Gasteiger partial charge in [-0.15, -0.1) is 11.3 Å². The van der Waals surface area contributed by atoms with Crippen molar-refractivity contribution in [2.75, 3.05) is 122 Å². The third-order valence-corrected chi connectivity index (χ3v) is 24.2. The zero-order valence-corrected chi connectivity index (χ0v) is 64.3. The number of pyridine rings is 1. The number of nitro benzene ring substituents is 1. The van der Waals surface area contributed by atoms with Crippen molar-refractivity contribution in [3.05, 3.63) is 158 Å². The Labute approximate surface area is 631 Å². The maximum Gasteiger partial charge on any atom is 0.293 e. The van der Waals surface area contributed by atoms with Crippen LogP contribution in [0.15, 0.2) is 125 Å². The summed E-state index contributed by atoms with van der Waals surface area (Å²) in [7, 11) is -4.63. The number of thiazole rings is 1. The number of nitro groups is 1. The van der Waals surface area contributed by atoms with Crippen molar-refractivity contribution < 1.29 is 47.0 Å². The lowest BCUT2D eigenvalue weighted by Gasteiger charge is -2.42. The molecule has 4 atom stereocenters. The molecule has 7 aromatic rings. The van der Waals surface area contributed by atoms with Gasteiger partial charge in [0.25, 0.3) is 21.6 Å². The van der Waals surface area contributed by atoms with Crippen LogP contribution in [0, 0.1) is 33.8 Å². The summed E-state index contributed by atoms with van der Waals surface area (Å²) in [6, 6.07) is 27.3. The highest BCUT2D eigenvalue weighted by molar-refractivity contribution is 7.90. The second-order valence-electron chi connectivity index (χ2n) is 30.9. The number of nitrogens with one attached hydrogen (secondary N) is 5. The van der Waals surface area contributed by atoms with E-state index in [0.29, 0.717) is 70.0 Å². The van der Waals surface area contributed by atoms with Crippen LogP contribution < -0.4 is 30.3 Å². The molecule has 3 amide bonds. The minimum atomic E-state index is -4.63. The average molecular weight is 1510 g/mol. The first-order chi connectivity index (χ1) is 50.8. The molecule has 3 aromatic heterocycles. The van der Waals surface area contributed by atoms with Gasteiger partial charge in [0, 0.05) is 132 Å². The maximum atomic E-state index is 14.2. The highest BCUT2D eigenvalue weighted by atomic mass is 35.5. The molecule has 5 aliphatic rings. The summed E-state index contributed by atoms with van der Waals surface area (Å²) in [6.07, 6.45) is 9.68. The Morgan fingerprint density at radius 2 is 1.58 bits per heavy atom. The number of amides is 3. The minimum Gasteiger partial charge on any atom is -0.455 e. The Morgan fingerprint density at radius 1 is 0.858 bits per heavy atom. The predicted molar refractivity (Wildman–Crippen MR) is 415 cm³/mol. The van der Waals surface area contributed by atoms with Crippen LogP contribution in [0.3, 0.4) is 0 Å². The van der Waals surface area contributed by atoms with E-state index in [2.05, 4.69) is 81.2 Å². The molecule has 1 saturated carbocycles. The molecule has 3 saturated heterocycles. The van der Waals surface area contributed by atoms with Crippen LogP contribution in [-0.4, -0.2) is 206 Å². The lowest BCUT2D eigenvalue weighted by atomic mass is 9.72. The number of sulfonamides is 1. The van der Waals surface area contributed by atoms with Crippen molar-refractivity contribution in [1.82, 2.24) is 49.9 Å². The van der Waals surface area contributed by atoms with Gasteiger partial charge in [-0.3, -0.25) is 39.2 Å². The van der Waals surface area contributed by atoms with E-state index >= 15 is 0 Å². The number of aliphatic hydroxyl groups is 1. The number of anilines is 2. The molecule has 6 heterocycles. The lowest BCUT2D eigenvalue weighted by Crippen LogP contribution is -2.57. The number of hydrogen-bond acceptors (Lipinski definition) is 20. The summed E-state index contributed by atoms with van der Waals surface area (Å²) >= 11 is 7.88. The first-order valence-electron chi connectivity index (χ1n) is 37.2. The maximum absolute atomic E-state index is 14.2. The number of carbonyl (C=O) groups excluding carboxylic acids is 3. The van der Waals surface area contributed by atoms with Crippen molar-refractivity contribution >= 4 is 84.4 Å². The van der Waals surface area contributed by atoms with Crippen molar-refractivity contribution in [1.29, 1.82) is 0 Å². The summed E-state index contributed by atoms with van der Waals surface area (Å²) < 4.78 is 48.6. The van der Waals surface area contributed by atoms with Crippen LogP contribution in [0.1, 0.15) is 126 Å². The third-order valence-electron chi connectivity index (χ3n) is 21.6. The molecular weight excluding hydrogens is 1410 g/mol. The minimum absolute atomic E-state index is 0.0487. The summed E-state index contributed by atoms with van der Waals surface area (Å²) in [5.41, 5.74) is 9.78. The number of rotatable bonds is 29. The molecule has 568 valence electrons. The van der Waals surface area contributed by atoms with E-state index in [9.17, 15) is 38.0 Å². The van der Waals surface area contributed by atoms with E-state index in [1.165, 1.54) is 39.9 Å². The number of aliphatic hydroxyl groups excluding tert-OH is 1. The Morgan fingerprint density at radius 3 is 2.28 bits per heavy atom.